The van der Waals surface area contributed by atoms with Gasteiger partial charge in [-0.1, -0.05) is 20.8 Å². The fourth-order valence-corrected chi connectivity index (χ4v) is 4.08. The van der Waals surface area contributed by atoms with Gasteiger partial charge in [-0.3, -0.25) is 0 Å². The Labute approximate surface area is 92.7 Å². The fraction of sp³-hybridized carbons (Fsp3) is 1.00. The van der Waals surface area contributed by atoms with E-state index in [0.29, 0.717) is 5.92 Å². The first-order valence-electron chi connectivity index (χ1n) is 6.12. The van der Waals surface area contributed by atoms with Crippen LogP contribution in [0, 0.1) is 16.7 Å². The average molecular weight is 212 g/mol. The van der Waals surface area contributed by atoms with Crippen molar-refractivity contribution in [2.24, 2.45) is 16.7 Å². The molecule has 2 fully saturated rings. The highest BCUT2D eigenvalue weighted by Gasteiger charge is 2.61. The standard InChI is InChI=1S/C13H24O2/c1-11(2)9-5-8-13(4,15)12(9,3)7-6-10(11)14/h9-10,14-15H,5-8H2,1-4H3/t9-,10+,12+,13-/m0/s1. The molecule has 0 radical (unpaired) electrons. The van der Waals surface area contributed by atoms with E-state index in [1.807, 2.05) is 6.92 Å². The lowest BCUT2D eigenvalue weighted by Crippen LogP contribution is -2.53. The van der Waals surface area contributed by atoms with Crippen LogP contribution >= 0.6 is 0 Å². The molecule has 0 heterocycles. The van der Waals surface area contributed by atoms with Gasteiger partial charge < -0.3 is 10.2 Å². The molecule has 0 saturated heterocycles. The Morgan fingerprint density at radius 3 is 2.20 bits per heavy atom. The third-order valence-corrected chi connectivity index (χ3v) is 5.61. The maximum atomic E-state index is 10.5. The van der Waals surface area contributed by atoms with E-state index in [2.05, 4.69) is 20.8 Å². The molecule has 2 aliphatic rings. The quantitative estimate of drug-likeness (QED) is 0.647. The predicted octanol–water partition coefficient (Wildman–Crippen LogP) is 2.33. The van der Waals surface area contributed by atoms with Crippen LogP contribution < -0.4 is 0 Å². The molecule has 0 aromatic carbocycles. The van der Waals surface area contributed by atoms with E-state index in [0.717, 1.165) is 25.7 Å². The molecule has 2 nitrogen and oxygen atoms in total. The Morgan fingerprint density at radius 2 is 1.60 bits per heavy atom. The molecule has 15 heavy (non-hydrogen) atoms. The molecule has 0 aliphatic heterocycles. The van der Waals surface area contributed by atoms with E-state index in [-0.39, 0.29) is 16.9 Å². The molecular formula is C13H24O2. The van der Waals surface area contributed by atoms with E-state index in [9.17, 15) is 10.2 Å². The van der Waals surface area contributed by atoms with Gasteiger partial charge in [-0.2, -0.15) is 0 Å². The molecule has 0 spiro atoms. The van der Waals surface area contributed by atoms with Crippen molar-refractivity contribution >= 4 is 0 Å². The predicted molar refractivity (Wildman–Crippen MR) is 60.5 cm³/mol. The van der Waals surface area contributed by atoms with Gasteiger partial charge in [-0.15, -0.1) is 0 Å². The summed E-state index contributed by atoms with van der Waals surface area (Å²) >= 11 is 0. The highest BCUT2D eigenvalue weighted by Crippen LogP contribution is 2.62. The Kier molecular flexibility index (Phi) is 2.27. The van der Waals surface area contributed by atoms with Crippen molar-refractivity contribution in [3.8, 4) is 0 Å². The van der Waals surface area contributed by atoms with E-state index in [1.54, 1.807) is 0 Å². The minimum absolute atomic E-state index is 0.00424. The lowest BCUT2D eigenvalue weighted by Gasteiger charge is -2.53. The minimum atomic E-state index is -0.547. The monoisotopic (exact) mass is 212 g/mol. The van der Waals surface area contributed by atoms with Crippen molar-refractivity contribution in [2.75, 3.05) is 0 Å². The Bertz CT molecular complexity index is 270. The molecule has 0 unspecified atom stereocenters. The maximum absolute atomic E-state index is 10.5. The smallest absolute Gasteiger partial charge is 0.0676 e. The number of rotatable bonds is 0. The minimum Gasteiger partial charge on any atom is -0.393 e. The summed E-state index contributed by atoms with van der Waals surface area (Å²) in [4.78, 5) is 0. The third-order valence-electron chi connectivity index (χ3n) is 5.61. The summed E-state index contributed by atoms with van der Waals surface area (Å²) in [7, 11) is 0. The zero-order valence-corrected chi connectivity index (χ0v) is 10.4. The van der Waals surface area contributed by atoms with E-state index < -0.39 is 5.60 Å². The molecule has 2 N–H and O–H groups in total. The average Bonchev–Trinajstić information content (AvgIpc) is 2.34. The molecule has 2 rings (SSSR count). The SMILES string of the molecule is CC1(C)[C@H](O)CC[C@]2(C)[C@H]1CC[C@]2(C)O. The maximum Gasteiger partial charge on any atom is 0.0676 e. The molecule has 0 amide bonds. The van der Waals surface area contributed by atoms with Crippen LogP contribution in [0.15, 0.2) is 0 Å². The van der Waals surface area contributed by atoms with Gasteiger partial charge in [0, 0.05) is 0 Å². The molecule has 2 heteroatoms. The van der Waals surface area contributed by atoms with Crippen molar-refractivity contribution in [1.82, 2.24) is 0 Å². The fourth-order valence-electron chi connectivity index (χ4n) is 4.08. The van der Waals surface area contributed by atoms with Gasteiger partial charge in [0.2, 0.25) is 0 Å². The van der Waals surface area contributed by atoms with Gasteiger partial charge in [0.15, 0.2) is 0 Å². The second-order valence-corrected chi connectivity index (χ2v) is 6.66. The number of fused-ring (bicyclic) bond motifs is 1. The molecule has 0 aromatic rings. The van der Waals surface area contributed by atoms with Gasteiger partial charge >= 0.3 is 0 Å². The van der Waals surface area contributed by atoms with Crippen LogP contribution in [0.3, 0.4) is 0 Å². The number of hydrogen-bond acceptors (Lipinski definition) is 2. The zero-order chi connectivity index (χ0) is 11.5. The summed E-state index contributed by atoms with van der Waals surface area (Å²) in [5, 5.41) is 20.6. The van der Waals surface area contributed by atoms with Crippen LogP contribution in [0.25, 0.3) is 0 Å². The first-order valence-corrected chi connectivity index (χ1v) is 6.12. The molecule has 4 atom stereocenters. The summed E-state index contributed by atoms with van der Waals surface area (Å²) < 4.78 is 0. The number of hydrogen-bond donors (Lipinski definition) is 2. The van der Waals surface area contributed by atoms with E-state index in [1.165, 1.54) is 0 Å². The number of aliphatic hydroxyl groups excluding tert-OH is 1. The van der Waals surface area contributed by atoms with E-state index >= 15 is 0 Å². The Morgan fingerprint density at radius 1 is 1.00 bits per heavy atom. The lowest BCUT2D eigenvalue weighted by atomic mass is 9.54. The summed E-state index contributed by atoms with van der Waals surface area (Å²) in [5.74, 6) is 0.448. The topological polar surface area (TPSA) is 40.5 Å². The van der Waals surface area contributed by atoms with Gasteiger partial charge in [0.25, 0.3) is 0 Å². The van der Waals surface area contributed by atoms with Crippen LogP contribution in [-0.4, -0.2) is 21.9 Å². The van der Waals surface area contributed by atoms with Crippen LogP contribution in [0.5, 0.6) is 0 Å². The first kappa shape index (κ1) is 11.4. The van der Waals surface area contributed by atoms with Crippen molar-refractivity contribution in [3.05, 3.63) is 0 Å². The number of aliphatic hydroxyl groups is 2. The zero-order valence-electron chi connectivity index (χ0n) is 10.4. The van der Waals surface area contributed by atoms with E-state index in [4.69, 9.17) is 0 Å². The van der Waals surface area contributed by atoms with Crippen molar-refractivity contribution < 1.29 is 10.2 Å². The molecule has 0 bridgehead atoms. The Hall–Kier alpha value is -0.0800. The molecule has 2 saturated carbocycles. The first-order chi connectivity index (χ1) is 6.72. The van der Waals surface area contributed by atoms with Crippen LogP contribution in [0.1, 0.15) is 53.4 Å². The summed E-state index contributed by atoms with van der Waals surface area (Å²) in [6, 6.07) is 0. The van der Waals surface area contributed by atoms with Gasteiger partial charge in [-0.05, 0) is 49.4 Å². The summed E-state index contributed by atoms with van der Waals surface area (Å²) in [6.45, 7) is 8.49. The normalized spacial score (nSPS) is 54.0. The van der Waals surface area contributed by atoms with Gasteiger partial charge in [-0.25, -0.2) is 0 Å². The van der Waals surface area contributed by atoms with Crippen molar-refractivity contribution in [3.63, 3.8) is 0 Å². The van der Waals surface area contributed by atoms with Crippen LogP contribution in [0.2, 0.25) is 0 Å². The lowest BCUT2D eigenvalue weighted by molar-refractivity contribution is -0.141. The highest BCUT2D eigenvalue weighted by atomic mass is 16.3. The second kappa shape index (κ2) is 2.98. The van der Waals surface area contributed by atoms with Crippen molar-refractivity contribution in [2.45, 2.75) is 65.1 Å². The Balaban J connectivity index is 2.38. The van der Waals surface area contributed by atoms with Crippen molar-refractivity contribution in [1.29, 1.82) is 0 Å². The largest absolute Gasteiger partial charge is 0.393 e. The van der Waals surface area contributed by atoms with Crippen LogP contribution in [-0.2, 0) is 0 Å². The molecule has 2 aliphatic carbocycles. The highest BCUT2D eigenvalue weighted by molar-refractivity contribution is 5.11. The summed E-state index contributed by atoms with van der Waals surface area (Å²) in [6.07, 6.45) is 3.51. The van der Waals surface area contributed by atoms with Gasteiger partial charge in [0.1, 0.15) is 0 Å². The molecule has 0 aromatic heterocycles. The molecule has 88 valence electrons. The van der Waals surface area contributed by atoms with Crippen LogP contribution in [0.4, 0.5) is 0 Å². The summed E-state index contributed by atoms with van der Waals surface area (Å²) in [5.41, 5.74) is -0.599. The van der Waals surface area contributed by atoms with Gasteiger partial charge in [0.05, 0.1) is 11.7 Å². The molecular weight excluding hydrogens is 188 g/mol. The third kappa shape index (κ3) is 1.31. The second-order valence-electron chi connectivity index (χ2n) is 6.66.